The molecule has 0 spiro atoms. The molecule has 0 radical (unpaired) electrons. The van der Waals surface area contributed by atoms with Gasteiger partial charge in [-0.15, -0.1) is 0 Å². The standard InChI is InChI=1S/C12H15FN4O/c1-9(14)12(18,6-17-8-15-7-16-17)10-4-2-3-5-11(10)13/h2-5,7-9,18H,6,14H2,1H3/t9-,12-/m1/s1. The van der Waals surface area contributed by atoms with Crippen molar-refractivity contribution in [3.63, 3.8) is 0 Å². The summed E-state index contributed by atoms with van der Waals surface area (Å²) in [5, 5.41) is 14.6. The van der Waals surface area contributed by atoms with Gasteiger partial charge < -0.3 is 10.8 Å². The third-order valence-electron chi connectivity index (χ3n) is 2.96. The number of nitrogens with two attached hydrogens (primary N) is 1. The summed E-state index contributed by atoms with van der Waals surface area (Å²) in [5.74, 6) is -0.489. The molecule has 0 fully saturated rings. The van der Waals surface area contributed by atoms with Crippen LogP contribution in [0.5, 0.6) is 0 Å². The second-order valence-electron chi connectivity index (χ2n) is 4.29. The molecule has 3 N–H and O–H groups in total. The molecule has 0 saturated carbocycles. The number of hydrogen-bond acceptors (Lipinski definition) is 4. The van der Waals surface area contributed by atoms with Gasteiger partial charge in [-0.1, -0.05) is 18.2 Å². The number of nitrogens with zero attached hydrogens (tertiary/aromatic N) is 3. The second kappa shape index (κ2) is 4.83. The van der Waals surface area contributed by atoms with Crippen LogP contribution in [0.3, 0.4) is 0 Å². The van der Waals surface area contributed by atoms with Crippen molar-refractivity contribution in [2.45, 2.75) is 25.1 Å². The van der Waals surface area contributed by atoms with Crippen LogP contribution in [0.1, 0.15) is 12.5 Å². The van der Waals surface area contributed by atoms with Crippen molar-refractivity contribution in [1.29, 1.82) is 0 Å². The molecule has 0 aliphatic carbocycles. The van der Waals surface area contributed by atoms with Gasteiger partial charge in [0.25, 0.3) is 0 Å². The van der Waals surface area contributed by atoms with Crippen molar-refractivity contribution in [2.24, 2.45) is 5.73 Å². The summed E-state index contributed by atoms with van der Waals surface area (Å²) in [6.45, 7) is 1.68. The first-order chi connectivity index (χ1) is 8.54. The maximum absolute atomic E-state index is 13.8. The van der Waals surface area contributed by atoms with Gasteiger partial charge in [-0.3, -0.25) is 0 Å². The van der Waals surface area contributed by atoms with E-state index in [0.717, 1.165) is 0 Å². The van der Waals surface area contributed by atoms with E-state index in [-0.39, 0.29) is 12.1 Å². The Morgan fingerprint density at radius 2 is 2.22 bits per heavy atom. The molecule has 0 saturated heterocycles. The Kier molecular flexibility index (Phi) is 3.40. The Balaban J connectivity index is 2.41. The van der Waals surface area contributed by atoms with E-state index < -0.39 is 17.5 Å². The fourth-order valence-corrected chi connectivity index (χ4v) is 1.85. The lowest BCUT2D eigenvalue weighted by molar-refractivity contribution is -0.00847. The van der Waals surface area contributed by atoms with Crippen molar-refractivity contribution < 1.29 is 9.50 Å². The highest BCUT2D eigenvalue weighted by Crippen LogP contribution is 2.28. The number of aliphatic hydroxyl groups is 1. The highest BCUT2D eigenvalue weighted by atomic mass is 19.1. The van der Waals surface area contributed by atoms with E-state index in [4.69, 9.17) is 5.73 Å². The topological polar surface area (TPSA) is 77.0 Å². The molecule has 0 unspecified atom stereocenters. The minimum Gasteiger partial charge on any atom is -0.381 e. The summed E-state index contributed by atoms with van der Waals surface area (Å²) < 4.78 is 15.2. The van der Waals surface area contributed by atoms with Gasteiger partial charge in [0.1, 0.15) is 24.1 Å². The Bertz CT molecular complexity index is 515. The van der Waals surface area contributed by atoms with Gasteiger partial charge in [-0.2, -0.15) is 5.10 Å². The maximum atomic E-state index is 13.8. The quantitative estimate of drug-likeness (QED) is 0.835. The van der Waals surface area contributed by atoms with Crippen LogP contribution in [0.4, 0.5) is 4.39 Å². The molecule has 2 atom stereocenters. The van der Waals surface area contributed by atoms with Crippen LogP contribution < -0.4 is 5.73 Å². The van der Waals surface area contributed by atoms with Crippen molar-refractivity contribution in [1.82, 2.24) is 14.8 Å². The molecule has 0 amide bonds. The predicted molar refractivity (Wildman–Crippen MR) is 64.0 cm³/mol. The average Bonchev–Trinajstić information content (AvgIpc) is 2.81. The van der Waals surface area contributed by atoms with E-state index in [1.165, 1.54) is 29.5 Å². The Hall–Kier alpha value is -1.79. The number of hydrogen-bond donors (Lipinski definition) is 2. The molecule has 1 aromatic heterocycles. The third-order valence-corrected chi connectivity index (χ3v) is 2.96. The monoisotopic (exact) mass is 250 g/mol. The van der Waals surface area contributed by atoms with E-state index in [2.05, 4.69) is 10.1 Å². The molecular weight excluding hydrogens is 235 g/mol. The molecule has 0 bridgehead atoms. The Morgan fingerprint density at radius 3 is 2.78 bits per heavy atom. The van der Waals surface area contributed by atoms with Gasteiger partial charge in [-0.25, -0.2) is 14.1 Å². The van der Waals surface area contributed by atoms with Gasteiger partial charge in [0.15, 0.2) is 0 Å². The Morgan fingerprint density at radius 1 is 1.50 bits per heavy atom. The summed E-state index contributed by atoms with van der Waals surface area (Å²) in [7, 11) is 0. The molecule has 0 aliphatic heterocycles. The van der Waals surface area contributed by atoms with Crippen molar-refractivity contribution in [3.8, 4) is 0 Å². The Labute approximate surface area is 104 Å². The fraction of sp³-hybridized carbons (Fsp3) is 0.333. The molecule has 1 heterocycles. The average molecular weight is 250 g/mol. The van der Waals surface area contributed by atoms with Crippen LogP contribution in [0.15, 0.2) is 36.9 Å². The van der Waals surface area contributed by atoms with E-state index in [0.29, 0.717) is 0 Å². The zero-order valence-corrected chi connectivity index (χ0v) is 9.99. The second-order valence-corrected chi connectivity index (χ2v) is 4.29. The molecule has 5 nitrogen and oxygen atoms in total. The predicted octanol–water partition coefficient (Wildman–Crippen LogP) is 0.652. The van der Waals surface area contributed by atoms with E-state index in [1.54, 1.807) is 19.1 Å². The first-order valence-electron chi connectivity index (χ1n) is 5.59. The normalized spacial score (nSPS) is 16.2. The van der Waals surface area contributed by atoms with Crippen LogP contribution in [0.2, 0.25) is 0 Å². The van der Waals surface area contributed by atoms with Crippen molar-refractivity contribution in [3.05, 3.63) is 48.3 Å². The smallest absolute Gasteiger partial charge is 0.137 e. The summed E-state index contributed by atoms with van der Waals surface area (Å²) in [5.41, 5.74) is 4.44. The summed E-state index contributed by atoms with van der Waals surface area (Å²) >= 11 is 0. The zero-order valence-electron chi connectivity index (χ0n) is 9.99. The van der Waals surface area contributed by atoms with Crippen molar-refractivity contribution >= 4 is 0 Å². The highest BCUT2D eigenvalue weighted by molar-refractivity contribution is 5.25. The van der Waals surface area contributed by atoms with Crippen LogP contribution in [-0.4, -0.2) is 25.9 Å². The summed E-state index contributed by atoms with van der Waals surface area (Å²) in [6.07, 6.45) is 2.80. The molecule has 6 heteroatoms. The van der Waals surface area contributed by atoms with Gasteiger partial charge in [-0.05, 0) is 13.0 Å². The van der Waals surface area contributed by atoms with Crippen molar-refractivity contribution in [2.75, 3.05) is 0 Å². The minimum atomic E-state index is -1.53. The largest absolute Gasteiger partial charge is 0.381 e. The molecule has 0 aliphatic rings. The molecular formula is C12H15FN4O. The van der Waals surface area contributed by atoms with Gasteiger partial charge in [0.05, 0.1) is 6.54 Å². The molecule has 96 valence electrons. The zero-order chi connectivity index (χ0) is 13.2. The first-order valence-corrected chi connectivity index (χ1v) is 5.59. The van der Waals surface area contributed by atoms with Gasteiger partial charge in [0.2, 0.25) is 0 Å². The van der Waals surface area contributed by atoms with Gasteiger partial charge >= 0.3 is 0 Å². The van der Waals surface area contributed by atoms with Crippen LogP contribution in [0.25, 0.3) is 0 Å². The van der Waals surface area contributed by atoms with E-state index >= 15 is 0 Å². The number of aromatic nitrogens is 3. The minimum absolute atomic E-state index is 0.0472. The number of halogens is 1. The van der Waals surface area contributed by atoms with Gasteiger partial charge in [0, 0.05) is 11.6 Å². The summed E-state index contributed by atoms with van der Waals surface area (Å²) in [4.78, 5) is 3.79. The number of rotatable bonds is 4. The lowest BCUT2D eigenvalue weighted by Gasteiger charge is -2.32. The summed E-state index contributed by atoms with van der Waals surface area (Å²) in [6, 6.07) is 5.39. The van der Waals surface area contributed by atoms with Crippen LogP contribution >= 0.6 is 0 Å². The van der Waals surface area contributed by atoms with E-state index in [9.17, 15) is 9.50 Å². The molecule has 18 heavy (non-hydrogen) atoms. The lowest BCUT2D eigenvalue weighted by Crippen LogP contribution is -2.47. The SMILES string of the molecule is C[C@@H](N)[C@](O)(Cn1cncn1)c1ccccc1F. The van der Waals surface area contributed by atoms with Crippen LogP contribution in [0, 0.1) is 5.82 Å². The first kappa shape index (κ1) is 12.7. The number of benzene rings is 1. The van der Waals surface area contributed by atoms with Crippen LogP contribution in [-0.2, 0) is 12.1 Å². The highest BCUT2D eigenvalue weighted by Gasteiger charge is 2.36. The molecule has 2 aromatic rings. The maximum Gasteiger partial charge on any atom is 0.137 e. The third kappa shape index (κ3) is 2.25. The fourth-order valence-electron chi connectivity index (χ4n) is 1.85. The molecule has 2 rings (SSSR count). The molecule has 1 aromatic carbocycles. The lowest BCUT2D eigenvalue weighted by atomic mass is 9.87. The van der Waals surface area contributed by atoms with E-state index in [1.807, 2.05) is 0 Å².